The van der Waals surface area contributed by atoms with E-state index in [-0.39, 0.29) is 0 Å². The Kier molecular flexibility index (Phi) is 4.19. The number of benzene rings is 1. The number of fused-ring (bicyclic) bond motifs is 1. The third kappa shape index (κ3) is 2.63. The Morgan fingerprint density at radius 1 is 1.11 bits per heavy atom. The molecule has 0 atom stereocenters. The molecule has 1 aromatic carbocycles. The summed E-state index contributed by atoms with van der Waals surface area (Å²) in [5, 5.41) is 1.17. The van der Waals surface area contributed by atoms with E-state index < -0.39 is 0 Å². The Morgan fingerprint density at radius 2 is 1.89 bits per heavy atom. The molecule has 1 heterocycles. The van der Waals surface area contributed by atoms with E-state index in [0.29, 0.717) is 0 Å². The fourth-order valence-corrected chi connectivity index (χ4v) is 2.52. The van der Waals surface area contributed by atoms with Crippen LogP contribution in [0.3, 0.4) is 0 Å². The third-order valence-corrected chi connectivity index (χ3v) is 3.53. The van der Waals surface area contributed by atoms with Crippen molar-refractivity contribution in [2.24, 2.45) is 0 Å². The number of hydrogen-bond acceptors (Lipinski definition) is 1. The molecule has 2 aromatic rings. The van der Waals surface area contributed by atoms with E-state index in [1.54, 1.807) is 0 Å². The van der Waals surface area contributed by atoms with Crippen LogP contribution < -0.4 is 10.3 Å². The molecule has 0 aliphatic rings. The first-order chi connectivity index (χ1) is 8.74. The van der Waals surface area contributed by atoms with Gasteiger partial charge in [-0.3, -0.25) is 0 Å². The van der Waals surface area contributed by atoms with Crippen molar-refractivity contribution >= 4 is 16.6 Å². The van der Waals surface area contributed by atoms with Crippen LogP contribution in [0.15, 0.2) is 30.3 Å². The first-order valence-electron chi connectivity index (χ1n) is 6.91. The lowest BCUT2D eigenvalue weighted by molar-refractivity contribution is -0.677. The Hall–Kier alpha value is -1.57. The molecule has 1 aromatic heterocycles. The van der Waals surface area contributed by atoms with E-state index in [1.165, 1.54) is 42.3 Å². The van der Waals surface area contributed by atoms with Crippen molar-refractivity contribution in [3.05, 3.63) is 36.0 Å². The molecule has 96 valence electrons. The molecule has 2 nitrogen and oxygen atoms in total. The summed E-state index contributed by atoms with van der Waals surface area (Å²) in [5.41, 5.74) is 9.48. The highest BCUT2D eigenvalue weighted by Gasteiger charge is 2.14. The number of nitrogen functional groups attached to an aromatic ring is 1. The first kappa shape index (κ1) is 12.9. The number of hydrogen-bond donors (Lipinski definition) is 1. The molecule has 0 fully saturated rings. The molecule has 0 bridgehead atoms. The van der Waals surface area contributed by atoms with Gasteiger partial charge in [0.2, 0.25) is 5.52 Å². The van der Waals surface area contributed by atoms with Gasteiger partial charge in [0.1, 0.15) is 6.54 Å². The van der Waals surface area contributed by atoms with Gasteiger partial charge in [0.15, 0.2) is 5.69 Å². The summed E-state index contributed by atoms with van der Waals surface area (Å²) in [6, 6.07) is 10.5. The predicted molar refractivity (Wildman–Crippen MR) is 77.4 cm³/mol. The van der Waals surface area contributed by atoms with E-state index in [2.05, 4.69) is 48.7 Å². The monoisotopic (exact) mass is 243 g/mol. The minimum atomic E-state index is 0.882. The zero-order valence-corrected chi connectivity index (χ0v) is 11.4. The Balaban J connectivity index is 2.31. The van der Waals surface area contributed by atoms with Crippen LogP contribution >= 0.6 is 0 Å². The highest BCUT2D eigenvalue weighted by atomic mass is 15.0. The van der Waals surface area contributed by atoms with Gasteiger partial charge in [-0.25, -0.2) is 0 Å². The Bertz CT molecular complexity index is 532. The zero-order chi connectivity index (χ0) is 13.0. The number of para-hydroxylation sites is 1. The molecule has 2 N–H and O–H groups in total. The highest BCUT2D eigenvalue weighted by Crippen LogP contribution is 2.18. The lowest BCUT2D eigenvalue weighted by atomic mass is 10.1. The van der Waals surface area contributed by atoms with Crippen LogP contribution in [0.5, 0.6) is 0 Å². The smallest absolute Gasteiger partial charge is 0.214 e. The second-order valence-electron chi connectivity index (χ2n) is 4.97. The van der Waals surface area contributed by atoms with E-state index in [1.807, 2.05) is 0 Å². The van der Waals surface area contributed by atoms with Crippen LogP contribution in [-0.2, 0) is 6.54 Å². The maximum Gasteiger partial charge on any atom is 0.214 e. The molecule has 0 saturated carbocycles. The topological polar surface area (TPSA) is 29.9 Å². The Morgan fingerprint density at radius 3 is 2.67 bits per heavy atom. The summed E-state index contributed by atoms with van der Waals surface area (Å²) in [6.45, 7) is 5.48. The molecule has 0 amide bonds. The molecule has 2 rings (SSSR count). The summed E-state index contributed by atoms with van der Waals surface area (Å²) in [7, 11) is 0. The zero-order valence-electron chi connectivity index (χ0n) is 11.4. The van der Waals surface area contributed by atoms with E-state index >= 15 is 0 Å². The second-order valence-corrected chi connectivity index (χ2v) is 4.97. The van der Waals surface area contributed by atoms with Crippen molar-refractivity contribution in [2.45, 2.75) is 46.1 Å². The van der Waals surface area contributed by atoms with Gasteiger partial charge in [0.25, 0.3) is 0 Å². The average Bonchev–Trinajstić information content (AvgIpc) is 2.38. The van der Waals surface area contributed by atoms with Gasteiger partial charge >= 0.3 is 0 Å². The second kappa shape index (κ2) is 5.85. The van der Waals surface area contributed by atoms with Gasteiger partial charge in [-0.1, -0.05) is 31.9 Å². The van der Waals surface area contributed by atoms with E-state index in [0.717, 1.165) is 12.2 Å². The molecule has 0 spiro atoms. The minimum Gasteiger partial charge on any atom is -0.398 e. The number of nitrogens with zero attached hydrogens (tertiary/aromatic N) is 1. The van der Waals surface area contributed by atoms with Crippen molar-refractivity contribution in [3.8, 4) is 0 Å². The maximum atomic E-state index is 6.09. The van der Waals surface area contributed by atoms with Crippen molar-refractivity contribution in [1.29, 1.82) is 0 Å². The lowest BCUT2D eigenvalue weighted by Gasteiger charge is -2.07. The number of unbranched alkanes of at least 4 members (excludes halogenated alkanes) is 3. The Labute approximate surface area is 109 Å². The third-order valence-electron chi connectivity index (χ3n) is 3.53. The average molecular weight is 243 g/mol. The van der Waals surface area contributed by atoms with Crippen molar-refractivity contribution < 1.29 is 4.57 Å². The van der Waals surface area contributed by atoms with E-state index in [4.69, 9.17) is 5.73 Å². The summed E-state index contributed by atoms with van der Waals surface area (Å²) < 4.78 is 2.39. The van der Waals surface area contributed by atoms with Crippen LogP contribution in [0.25, 0.3) is 10.9 Å². The maximum absolute atomic E-state index is 6.09. The number of pyridine rings is 1. The molecule has 0 aliphatic carbocycles. The molecule has 2 heteroatoms. The molecular weight excluding hydrogens is 220 g/mol. The van der Waals surface area contributed by atoms with Crippen LogP contribution in [-0.4, -0.2) is 0 Å². The van der Waals surface area contributed by atoms with Gasteiger partial charge in [-0.05, 0) is 12.5 Å². The molecule has 18 heavy (non-hydrogen) atoms. The number of aryl methyl sites for hydroxylation is 2. The van der Waals surface area contributed by atoms with Crippen molar-refractivity contribution in [1.82, 2.24) is 0 Å². The van der Waals surface area contributed by atoms with Gasteiger partial charge in [0, 0.05) is 25.5 Å². The van der Waals surface area contributed by atoms with Gasteiger partial charge in [-0.2, -0.15) is 4.57 Å². The fourth-order valence-electron chi connectivity index (χ4n) is 2.52. The molecular formula is C16H23N2+. The van der Waals surface area contributed by atoms with Crippen LogP contribution in [0, 0.1) is 6.92 Å². The molecule has 0 aliphatic heterocycles. The predicted octanol–water partition coefficient (Wildman–Crippen LogP) is 3.60. The largest absolute Gasteiger partial charge is 0.398 e. The van der Waals surface area contributed by atoms with Gasteiger partial charge < -0.3 is 5.73 Å². The van der Waals surface area contributed by atoms with Crippen LogP contribution in [0.1, 0.15) is 38.3 Å². The standard InChI is InChI=1S/C16H22N2/c1-3-4-5-8-11-18-13(2)12-15(17)14-9-6-7-10-16(14)18/h6-7,9-10,12,17H,3-5,8,11H2,1-2H3/p+1. The fraction of sp³-hybridized carbons (Fsp3) is 0.438. The van der Waals surface area contributed by atoms with Gasteiger partial charge in [0.05, 0.1) is 11.1 Å². The number of anilines is 1. The highest BCUT2D eigenvalue weighted by molar-refractivity contribution is 5.87. The quantitative estimate of drug-likeness (QED) is 0.631. The van der Waals surface area contributed by atoms with Crippen molar-refractivity contribution in [2.75, 3.05) is 5.73 Å². The summed E-state index contributed by atoms with van der Waals surface area (Å²) >= 11 is 0. The lowest BCUT2D eigenvalue weighted by Crippen LogP contribution is -2.38. The van der Waals surface area contributed by atoms with Crippen LogP contribution in [0.2, 0.25) is 0 Å². The number of nitrogens with two attached hydrogens (primary N) is 1. The first-order valence-corrected chi connectivity index (χ1v) is 6.91. The minimum absolute atomic E-state index is 0.882. The van der Waals surface area contributed by atoms with Crippen molar-refractivity contribution in [3.63, 3.8) is 0 Å². The van der Waals surface area contributed by atoms with Gasteiger partial charge in [-0.15, -0.1) is 0 Å². The molecule has 0 unspecified atom stereocenters. The van der Waals surface area contributed by atoms with Crippen LogP contribution in [0.4, 0.5) is 5.69 Å². The molecule has 0 saturated heterocycles. The summed E-state index contributed by atoms with van der Waals surface area (Å²) in [4.78, 5) is 0. The SMILES string of the molecule is CCCCCC[n+]1c(C)cc(N)c2ccccc21. The summed E-state index contributed by atoms with van der Waals surface area (Å²) in [5.74, 6) is 0. The number of aromatic nitrogens is 1. The normalized spacial score (nSPS) is 11.0. The van der Waals surface area contributed by atoms with E-state index in [9.17, 15) is 0 Å². The summed E-state index contributed by atoms with van der Waals surface area (Å²) in [6.07, 6.45) is 5.16. The molecule has 0 radical (unpaired) electrons. The number of rotatable bonds is 5.